The van der Waals surface area contributed by atoms with Crippen molar-refractivity contribution in [3.8, 4) is 0 Å². The summed E-state index contributed by atoms with van der Waals surface area (Å²) in [6, 6.07) is 9.67. The van der Waals surface area contributed by atoms with Gasteiger partial charge in [0.25, 0.3) is 5.91 Å². The largest absolute Gasteiger partial charge is 0.354 e. The third-order valence-corrected chi connectivity index (χ3v) is 3.82. The zero-order valence-corrected chi connectivity index (χ0v) is 12.6. The van der Waals surface area contributed by atoms with Crippen molar-refractivity contribution in [1.82, 2.24) is 20.1 Å². The van der Waals surface area contributed by atoms with Crippen LogP contribution in [0, 0.1) is 0 Å². The third kappa shape index (κ3) is 3.33. The normalized spacial score (nSPS) is 14.3. The number of urea groups is 1. The van der Waals surface area contributed by atoms with Gasteiger partial charge in [-0.3, -0.25) is 14.5 Å². The fourth-order valence-electron chi connectivity index (χ4n) is 2.63. The Hall–Kier alpha value is -2.83. The molecular weight excluding hydrogens is 296 g/mol. The number of fused-ring (bicyclic) bond motifs is 1. The topological polar surface area (TPSA) is 83.4 Å². The Morgan fingerprint density at radius 3 is 2.83 bits per heavy atom. The van der Waals surface area contributed by atoms with E-state index in [1.165, 1.54) is 5.39 Å². The summed E-state index contributed by atoms with van der Waals surface area (Å²) in [4.78, 5) is 35.4. The van der Waals surface area contributed by atoms with Gasteiger partial charge < -0.3 is 15.2 Å². The minimum atomic E-state index is -0.510. The van der Waals surface area contributed by atoms with Gasteiger partial charge in [-0.2, -0.15) is 0 Å². The van der Waals surface area contributed by atoms with Crippen molar-refractivity contribution in [3.05, 3.63) is 36.5 Å². The molecule has 1 aliphatic rings. The van der Waals surface area contributed by atoms with E-state index >= 15 is 0 Å². The molecule has 1 aliphatic heterocycles. The average Bonchev–Trinajstić information content (AvgIpc) is 3.10. The van der Waals surface area contributed by atoms with E-state index in [0.29, 0.717) is 6.54 Å². The number of rotatable bonds is 6. The number of benzene rings is 1. The van der Waals surface area contributed by atoms with E-state index in [0.717, 1.165) is 23.4 Å². The summed E-state index contributed by atoms with van der Waals surface area (Å²) in [5.74, 6) is -0.697. The molecule has 120 valence electrons. The van der Waals surface area contributed by atoms with Crippen molar-refractivity contribution in [2.24, 2.45) is 0 Å². The Labute approximate surface area is 133 Å². The van der Waals surface area contributed by atoms with Crippen molar-refractivity contribution in [2.45, 2.75) is 13.0 Å². The molecular formula is C16H18N4O3. The maximum absolute atomic E-state index is 11.8. The standard InChI is InChI=1S/C16H18N4O3/c21-14(11-20-15(22)10-18-16(20)23)17-7-3-8-19-9-6-12-4-1-2-5-13(12)19/h1-2,4-6,9H,3,7-8,10-11H2,(H,17,21)(H,18,23). The predicted octanol–water partition coefficient (Wildman–Crippen LogP) is 0.699. The number of nitrogens with zero attached hydrogens (tertiary/aromatic N) is 2. The maximum Gasteiger partial charge on any atom is 0.325 e. The van der Waals surface area contributed by atoms with Gasteiger partial charge in [-0.25, -0.2) is 4.79 Å². The summed E-state index contributed by atoms with van der Waals surface area (Å²) in [7, 11) is 0. The molecule has 0 saturated carbocycles. The van der Waals surface area contributed by atoms with E-state index < -0.39 is 6.03 Å². The number of nitrogens with one attached hydrogen (secondary N) is 2. The number of imide groups is 1. The van der Waals surface area contributed by atoms with E-state index in [4.69, 9.17) is 0 Å². The molecule has 0 aliphatic carbocycles. The van der Waals surface area contributed by atoms with Crippen LogP contribution in [0.1, 0.15) is 6.42 Å². The van der Waals surface area contributed by atoms with Crippen molar-refractivity contribution >= 4 is 28.7 Å². The molecule has 1 saturated heterocycles. The lowest BCUT2D eigenvalue weighted by Crippen LogP contribution is -2.41. The van der Waals surface area contributed by atoms with Gasteiger partial charge in [0.05, 0.1) is 6.54 Å². The molecule has 2 heterocycles. The maximum atomic E-state index is 11.8. The van der Waals surface area contributed by atoms with Crippen LogP contribution >= 0.6 is 0 Å². The summed E-state index contributed by atoms with van der Waals surface area (Å²) in [5, 5.41) is 6.31. The first-order valence-corrected chi connectivity index (χ1v) is 7.54. The van der Waals surface area contributed by atoms with Gasteiger partial charge in [-0.15, -0.1) is 0 Å². The van der Waals surface area contributed by atoms with Crippen LogP contribution in [0.25, 0.3) is 10.9 Å². The van der Waals surface area contributed by atoms with Crippen LogP contribution in [0.2, 0.25) is 0 Å². The summed E-state index contributed by atoms with van der Waals surface area (Å²) in [6.07, 6.45) is 2.80. The minimum Gasteiger partial charge on any atom is -0.354 e. The van der Waals surface area contributed by atoms with Crippen molar-refractivity contribution in [2.75, 3.05) is 19.6 Å². The van der Waals surface area contributed by atoms with Gasteiger partial charge >= 0.3 is 6.03 Å². The minimum absolute atomic E-state index is 0.0349. The molecule has 4 amide bonds. The Kier molecular flexibility index (Phi) is 4.27. The highest BCUT2D eigenvalue weighted by molar-refractivity contribution is 6.04. The fourth-order valence-corrected chi connectivity index (χ4v) is 2.63. The number of hydrogen-bond donors (Lipinski definition) is 2. The molecule has 2 N–H and O–H groups in total. The molecule has 2 aromatic rings. The van der Waals surface area contributed by atoms with Gasteiger partial charge in [0.1, 0.15) is 6.54 Å². The number of hydrogen-bond acceptors (Lipinski definition) is 3. The van der Waals surface area contributed by atoms with Gasteiger partial charge in [-0.1, -0.05) is 18.2 Å². The average molecular weight is 314 g/mol. The van der Waals surface area contributed by atoms with Gasteiger partial charge in [0.15, 0.2) is 0 Å². The van der Waals surface area contributed by atoms with Crippen LogP contribution in [0.5, 0.6) is 0 Å². The number of aryl methyl sites for hydroxylation is 1. The molecule has 3 rings (SSSR count). The lowest BCUT2D eigenvalue weighted by atomic mass is 10.2. The van der Waals surface area contributed by atoms with E-state index in [2.05, 4.69) is 33.4 Å². The lowest BCUT2D eigenvalue weighted by molar-refractivity contribution is -0.130. The third-order valence-electron chi connectivity index (χ3n) is 3.82. The number of aromatic nitrogens is 1. The molecule has 1 aromatic carbocycles. The molecule has 7 nitrogen and oxygen atoms in total. The Balaban J connectivity index is 1.44. The van der Waals surface area contributed by atoms with E-state index in [9.17, 15) is 14.4 Å². The summed E-state index contributed by atoms with van der Waals surface area (Å²) in [5.41, 5.74) is 1.16. The molecule has 7 heteroatoms. The first-order chi connectivity index (χ1) is 11.1. The molecule has 1 fully saturated rings. The highest BCUT2D eigenvalue weighted by Crippen LogP contribution is 2.15. The van der Waals surface area contributed by atoms with Gasteiger partial charge in [-0.05, 0) is 23.9 Å². The first kappa shape index (κ1) is 15.1. The van der Waals surface area contributed by atoms with Crippen LogP contribution in [0.15, 0.2) is 36.5 Å². The van der Waals surface area contributed by atoms with Crippen LogP contribution in [0.4, 0.5) is 4.79 Å². The number of carbonyl (C=O) groups is 3. The zero-order valence-electron chi connectivity index (χ0n) is 12.6. The van der Waals surface area contributed by atoms with Crippen molar-refractivity contribution < 1.29 is 14.4 Å². The smallest absolute Gasteiger partial charge is 0.325 e. The Morgan fingerprint density at radius 1 is 1.22 bits per heavy atom. The molecule has 1 aromatic heterocycles. The Morgan fingerprint density at radius 2 is 2.04 bits per heavy atom. The monoisotopic (exact) mass is 314 g/mol. The highest BCUT2D eigenvalue weighted by atomic mass is 16.2. The van der Waals surface area contributed by atoms with Gasteiger partial charge in [0.2, 0.25) is 5.91 Å². The summed E-state index contributed by atoms with van der Waals surface area (Å²) < 4.78 is 2.14. The highest BCUT2D eigenvalue weighted by Gasteiger charge is 2.29. The first-order valence-electron chi connectivity index (χ1n) is 7.54. The van der Waals surface area contributed by atoms with Gasteiger partial charge in [0, 0.05) is 24.8 Å². The van der Waals surface area contributed by atoms with Crippen LogP contribution < -0.4 is 10.6 Å². The predicted molar refractivity (Wildman–Crippen MR) is 84.7 cm³/mol. The number of para-hydroxylation sites is 1. The molecule has 23 heavy (non-hydrogen) atoms. The van der Waals surface area contributed by atoms with Crippen molar-refractivity contribution in [3.63, 3.8) is 0 Å². The second-order valence-electron chi connectivity index (χ2n) is 5.41. The second kappa shape index (κ2) is 6.51. The quantitative estimate of drug-likeness (QED) is 0.608. The van der Waals surface area contributed by atoms with Crippen LogP contribution in [0.3, 0.4) is 0 Å². The molecule has 0 bridgehead atoms. The lowest BCUT2D eigenvalue weighted by Gasteiger charge is -2.12. The number of amides is 4. The fraction of sp³-hybridized carbons (Fsp3) is 0.312. The Bertz CT molecular complexity index is 737. The van der Waals surface area contributed by atoms with Crippen LogP contribution in [-0.4, -0.2) is 46.9 Å². The molecule has 0 spiro atoms. The number of carbonyl (C=O) groups excluding carboxylic acids is 3. The van der Waals surface area contributed by atoms with E-state index in [-0.39, 0.29) is 24.9 Å². The second-order valence-corrected chi connectivity index (χ2v) is 5.41. The molecule has 0 unspecified atom stereocenters. The molecule has 0 radical (unpaired) electrons. The van der Waals surface area contributed by atoms with E-state index in [1.807, 2.05) is 18.3 Å². The van der Waals surface area contributed by atoms with Crippen LogP contribution in [-0.2, 0) is 16.1 Å². The van der Waals surface area contributed by atoms with Crippen molar-refractivity contribution in [1.29, 1.82) is 0 Å². The summed E-state index contributed by atoms with van der Waals surface area (Å²) >= 11 is 0. The SMILES string of the molecule is O=C(CN1C(=O)CNC1=O)NCCCn1ccc2ccccc21. The van der Waals surface area contributed by atoms with E-state index in [1.54, 1.807) is 0 Å². The zero-order chi connectivity index (χ0) is 16.2. The summed E-state index contributed by atoms with van der Waals surface area (Å²) in [6.45, 7) is 1.02. The molecule has 0 atom stereocenters.